The summed E-state index contributed by atoms with van der Waals surface area (Å²) < 4.78 is 8.02. The largest absolute Gasteiger partial charge is 0.493 e. The van der Waals surface area contributed by atoms with Crippen LogP contribution in [0.5, 0.6) is 5.75 Å². The van der Waals surface area contributed by atoms with Gasteiger partial charge in [-0.1, -0.05) is 12.1 Å². The predicted octanol–water partition coefficient (Wildman–Crippen LogP) is 3.09. The Bertz CT molecular complexity index is 800. The summed E-state index contributed by atoms with van der Waals surface area (Å²) in [5.41, 5.74) is 2.31. The van der Waals surface area contributed by atoms with Crippen LogP contribution in [0.2, 0.25) is 0 Å². The first kappa shape index (κ1) is 22.4. The summed E-state index contributed by atoms with van der Waals surface area (Å²) >= 11 is 0. The molecule has 0 amide bonds. The van der Waals surface area contributed by atoms with Crippen LogP contribution in [0.15, 0.2) is 23.2 Å². The molecule has 1 fully saturated rings. The van der Waals surface area contributed by atoms with Crippen molar-refractivity contribution >= 4 is 29.9 Å². The monoisotopic (exact) mass is 498 g/mol. The van der Waals surface area contributed by atoms with Crippen molar-refractivity contribution < 1.29 is 4.74 Å². The molecule has 1 heterocycles. The zero-order valence-electron chi connectivity index (χ0n) is 17.2. The standard InChI is InChI=1S/C20H30N6O.HI/c1-5-21-20(23-12-19-25-24-15(3)26(19)4)22-11-17-9-6-14(2)10-18(17)27-13-16-7-8-16;/h6,9-10,16H,5,7-8,11-13H2,1-4H3,(H2,21,22,23);1H. The lowest BCUT2D eigenvalue weighted by molar-refractivity contribution is 0.296. The van der Waals surface area contributed by atoms with E-state index in [1.165, 1.54) is 18.4 Å². The molecule has 0 spiro atoms. The molecule has 0 radical (unpaired) electrons. The van der Waals surface area contributed by atoms with Crippen LogP contribution in [0.25, 0.3) is 0 Å². The molecule has 2 aromatic rings. The fourth-order valence-corrected chi connectivity index (χ4v) is 2.69. The van der Waals surface area contributed by atoms with Crippen molar-refractivity contribution in [2.24, 2.45) is 18.0 Å². The van der Waals surface area contributed by atoms with E-state index in [1.807, 2.05) is 18.5 Å². The number of benzene rings is 1. The average molecular weight is 498 g/mol. The minimum absolute atomic E-state index is 0. The molecule has 2 N–H and O–H groups in total. The first-order valence-corrected chi connectivity index (χ1v) is 9.66. The van der Waals surface area contributed by atoms with Gasteiger partial charge in [0, 0.05) is 19.2 Å². The van der Waals surface area contributed by atoms with Crippen LogP contribution in [0.4, 0.5) is 0 Å². The maximum atomic E-state index is 6.05. The van der Waals surface area contributed by atoms with Gasteiger partial charge in [-0.15, -0.1) is 34.2 Å². The lowest BCUT2D eigenvalue weighted by atomic mass is 10.1. The van der Waals surface area contributed by atoms with Crippen molar-refractivity contribution in [1.29, 1.82) is 0 Å². The number of hydrogen-bond donors (Lipinski definition) is 2. The van der Waals surface area contributed by atoms with Gasteiger partial charge < -0.3 is 19.9 Å². The summed E-state index contributed by atoms with van der Waals surface area (Å²) in [5, 5.41) is 14.9. The van der Waals surface area contributed by atoms with Crippen molar-refractivity contribution in [2.75, 3.05) is 13.2 Å². The van der Waals surface area contributed by atoms with E-state index in [1.54, 1.807) is 0 Å². The Hall–Kier alpha value is -1.84. The Kier molecular flexibility index (Phi) is 8.53. The van der Waals surface area contributed by atoms with Gasteiger partial charge in [0.1, 0.15) is 11.6 Å². The van der Waals surface area contributed by atoms with Crippen LogP contribution >= 0.6 is 24.0 Å². The van der Waals surface area contributed by atoms with Crippen LogP contribution in [0.3, 0.4) is 0 Å². The number of aromatic nitrogens is 3. The van der Waals surface area contributed by atoms with Crippen molar-refractivity contribution in [2.45, 2.75) is 46.7 Å². The fraction of sp³-hybridized carbons (Fsp3) is 0.550. The molecule has 1 aromatic carbocycles. The molecule has 154 valence electrons. The Labute approximate surface area is 184 Å². The van der Waals surface area contributed by atoms with Gasteiger partial charge in [-0.05, 0) is 51.2 Å². The minimum Gasteiger partial charge on any atom is -0.493 e. The third-order valence-corrected chi connectivity index (χ3v) is 4.74. The second kappa shape index (κ2) is 10.6. The van der Waals surface area contributed by atoms with Gasteiger partial charge in [-0.25, -0.2) is 4.99 Å². The summed E-state index contributed by atoms with van der Waals surface area (Å²) in [5.74, 6) is 4.21. The van der Waals surface area contributed by atoms with Gasteiger partial charge in [0.2, 0.25) is 0 Å². The molecule has 28 heavy (non-hydrogen) atoms. The highest BCUT2D eigenvalue weighted by atomic mass is 127. The van der Waals surface area contributed by atoms with Crippen molar-refractivity contribution in [3.8, 4) is 5.75 Å². The summed E-state index contributed by atoms with van der Waals surface area (Å²) in [7, 11) is 1.96. The molecule has 0 bridgehead atoms. The van der Waals surface area contributed by atoms with Gasteiger partial charge in [0.15, 0.2) is 11.8 Å². The van der Waals surface area contributed by atoms with Crippen molar-refractivity contribution in [1.82, 2.24) is 25.4 Å². The Morgan fingerprint density at radius 1 is 1.25 bits per heavy atom. The molecule has 0 atom stereocenters. The van der Waals surface area contributed by atoms with Gasteiger partial charge in [0.05, 0.1) is 19.7 Å². The number of rotatable bonds is 8. The number of nitrogens with zero attached hydrogens (tertiary/aromatic N) is 4. The Morgan fingerprint density at radius 3 is 2.68 bits per heavy atom. The summed E-state index contributed by atoms with van der Waals surface area (Å²) in [6.07, 6.45) is 2.57. The van der Waals surface area contributed by atoms with E-state index >= 15 is 0 Å². The highest BCUT2D eigenvalue weighted by Gasteiger charge is 2.22. The SMILES string of the molecule is CCNC(=NCc1ccc(C)cc1OCC1CC1)NCc1nnc(C)n1C.I. The quantitative estimate of drug-likeness (QED) is 0.333. The lowest BCUT2D eigenvalue weighted by Crippen LogP contribution is -2.37. The van der Waals surface area contributed by atoms with E-state index in [0.717, 1.165) is 48.0 Å². The van der Waals surface area contributed by atoms with E-state index in [2.05, 4.69) is 52.9 Å². The topological polar surface area (TPSA) is 76.4 Å². The molecule has 1 aromatic heterocycles. The zero-order valence-corrected chi connectivity index (χ0v) is 19.5. The highest BCUT2D eigenvalue weighted by Crippen LogP contribution is 2.30. The predicted molar refractivity (Wildman–Crippen MR) is 122 cm³/mol. The van der Waals surface area contributed by atoms with Crippen LogP contribution in [0, 0.1) is 19.8 Å². The van der Waals surface area contributed by atoms with Crippen LogP contribution in [-0.4, -0.2) is 33.9 Å². The summed E-state index contributed by atoms with van der Waals surface area (Å²) in [4.78, 5) is 4.73. The third-order valence-electron chi connectivity index (χ3n) is 4.74. The number of aliphatic imine (C=N–C) groups is 1. The van der Waals surface area contributed by atoms with E-state index < -0.39 is 0 Å². The minimum atomic E-state index is 0. The fourth-order valence-electron chi connectivity index (χ4n) is 2.69. The molecule has 1 aliphatic carbocycles. The second-order valence-electron chi connectivity index (χ2n) is 7.14. The van der Waals surface area contributed by atoms with E-state index in [4.69, 9.17) is 9.73 Å². The number of ether oxygens (including phenoxy) is 1. The molecule has 3 rings (SSSR count). The van der Waals surface area contributed by atoms with E-state index in [9.17, 15) is 0 Å². The van der Waals surface area contributed by atoms with Crippen molar-refractivity contribution in [3.63, 3.8) is 0 Å². The van der Waals surface area contributed by atoms with Crippen LogP contribution in [0.1, 0.15) is 42.5 Å². The number of nitrogens with one attached hydrogen (secondary N) is 2. The van der Waals surface area contributed by atoms with Gasteiger partial charge in [0.25, 0.3) is 0 Å². The maximum absolute atomic E-state index is 6.05. The van der Waals surface area contributed by atoms with Gasteiger partial charge in [-0.3, -0.25) is 0 Å². The summed E-state index contributed by atoms with van der Waals surface area (Å²) in [6, 6.07) is 6.32. The first-order chi connectivity index (χ1) is 13.1. The number of halogens is 1. The average Bonchev–Trinajstić information content (AvgIpc) is 3.43. The first-order valence-electron chi connectivity index (χ1n) is 9.66. The molecule has 1 aliphatic rings. The molecule has 8 heteroatoms. The molecular weight excluding hydrogens is 467 g/mol. The molecule has 1 saturated carbocycles. The molecular formula is C20H31IN6O. The Balaban J connectivity index is 0.00000280. The van der Waals surface area contributed by atoms with E-state index in [-0.39, 0.29) is 24.0 Å². The third kappa shape index (κ3) is 6.35. The molecule has 0 aliphatic heterocycles. The second-order valence-corrected chi connectivity index (χ2v) is 7.14. The van der Waals surface area contributed by atoms with Crippen LogP contribution < -0.4 is 15.4 Å². The summed E-state index contributed by atoms with van der Waals surface area (Å²) in [6.45, 7) is 8.82. The van der Waals surface area contributed by atoms with Gasteiger partial charge in [-0.2, -0.15) is 0 Å². The van der Waals surface area contributed by atoms with Crippen molar-refractivity contribution in [3.05, 3.63) is 41.0 Å². The lowest BCUT2D eigenvalue weighted by Gasteiger charge is -2.13. The zero-order chi connectivity index (χ0) is 19.2. The number of hydrogen-bond acceptors (Lipinski definition) is 4. The molecule has 0 saturated heterocycles. The number of aryl methyl sites for hydroxylation is 2. The van der Waals surface area contributed by atoms with Crippen LogP contribution in [-0.2, 0) is 20.1 Å². The maximum Gasteiger partial charge on any atom is 0.191 e. The Morgan fingerprint density at radius 2 is 2.04 bits per heavy atom. The molecule has 7 nitrogen and oxygen atoms in total. The molecule has 0 unspecified atom stereocenters. The van der Waals surface area contributed by atoms with E-state index in [0.29, 0.717) is 13.1 Å². The highest BCUT2D eigenvalue weighted by molar-refractivity contribution is 14.0. The smallest absolute Gasteiger partial charge is 0.191 e. The van der Waals surface area contributed by atoms with Gasteiger partial charge >= 0.3 is 0 Å². The normalized spacial score (nSPS) is 13.8. The number of guanidine groups is 1.